The molecule has 0 saturated heterocycles. The van der Waals surface area contributed by atoms with Gasteiger partial charge in [-0.05, 0) is 36.8 Å². The highest BCUT2D eigenvalue weighted by Gasteiger charge is 2.22. The molecular weight excluding hydrogens is 380 g/mol. The van der Waals surface area contributed by atoms with Crippen molar-refractivity contribution >= 4 is 16.0 Å². The lowest BCUT2D eigenvalue weighted by Gasteiger charge is -2.19. The van der Waals surface area contributed by atoms with Gasteiger partial charge in [0, 0.05) is 0 Å². The SMILES string of the molecule is CCOC(=O)c1ccc(S(=O)(=O)NC(Cn2cncn2)c2ccccc2)cc1. The predicted octanol–water partition coefficient (Wildman–Crippen LogP) is 2.17. The summed E-state index contributed by atoms with van der Waals surface area (Å²) in [5.74, 6) is -0.493. The highest BCUT2D eigenvalue weighted by atomic mass is 32.2. The first-order valence-corrected chi connectivity index (χ1v) is 10.1. The predicted molar refractivity (Wildman–Crippen MR) is 102 cm³/mol. The maximum absolute atomic E-state index is 12.9. The van der Waals surface area contributed by atoms with Crippen molar-refractivity contribution in [2.24, 2.45) is 0 Å². The molecule has 1 unspecified atom stereocenters. The molecular formula is C19H20N4O4S. The molecule has 9 heteroatoms. The fourth-order valence-electron chi connectivity index (χ4n) is 2.65. The number of hydrogen-bond donors (Lipinski definition) is 1. The van der Waals surface area contributed by atoms with E-state index < -0.39 is 22.0 Å². The number of rotatable bonds is 8. The second kappa shape index (κ2) is 8.77. The molecule has 0 radical (unpaired) electrons. The van der Waals surface area contributed by atoms with Crippen LogP contribution in [-0.2, 0) is 21.3 Å². The Kier molecular flexibility index (Phi) is 6.17. The first-order valence-electron chi connectivity index (χ1n) is 8.66. The Morgan fingerprint density at radius 2 is 1.86 bits per heavy atom. The minimum Gasteiger partial charge on any atom is -0.462 e. The van der Waals surface area contributed by atoms with Gasteiger partial charge in [0.2, 0.25) is 10.0 Å². The topological polar surface area (TPSA) is 103 Å². The Hall–Kier alpha value is -3.04. The highest BCUT2D eigenvalue weighted by molar-refractivity contribution is 7.89. The van der Waals surface area contributed by atoms with E-state index in [1.54, 1.807) is 11.6 Å². The van der Waals surface area contributed by atoms with Crippen molar-refractivity contribution in [2.45, 2.75) is 24.4 Å². The van der Waals surface area contributed by atoms with Gasteiger partial charge in [0.1, 0.15) is 12.7 Å². The molecule has 0 saturated carbocycles. The standard InChI is InChI=1S/C19H20N4O4S/c1-2-27-19(24)16-8-10-17(11-9-16)28(25,26)22-18(12-23-14-20-13-21-23)15-6-4-3-5-7-15/h3-11,13-14,18,22H,2,12H2,1H3. The van der Waals surface area contributed by atoms with Crippen LogP contribution >= 0.6 is 0 Å². The molecule has 3 rings (SSSR count). The smallest absolute Gasteiger partial charge is 0.338 e. The lowest BCUT2D eigenvalue weighted by atomic mass is 10.1. The fraction of sp³-hybridized carbons (Fsp3) is 0.211. The van der Waals surface area contributed by atoms with Crippen molar-refractivity contribution in [3.05, 3.63) is 78.4 Å². The number of nitrogens with zero attached hydrogens (tertiary/aromatic N) is 3. The van der Waals surface area contributed by atoms with Gasteiger partial charge in [0.05, 0.1) is 29.7 Å². The number of benzene rings is 2. The third-order valence-electron chi connectivity index (χ3n) is 4.01. The summed E-state index contributed by atoms with van der Waals surface area (Å²) < 4.78 is 34.9. The summed E-state index contributed by atoms with van der Waals surface area (Å²) >= 11 is 0. The molecule has 0 bridgehead atoms. The number of carbonyl (C=O) groups is 1. The van der Waals surface area contributed by atoms with Gasteiger partial charge in [-0.3, -0.25) is 4.68 Å². The van der Waals surface area contributed by atoms with Gasteiger partial charge < -0.3 is 4.74 Å². The summed E-state index contributed by atoms with van der Waals surface area (Å²) in [5, 5.41) is 4.05. The summed E-state index contributed by atoms with van der Waals surface area (Å²) in [6.07, 6.45) is 2.92. The molecule has 0 fully saturated rings. The van der Waals surface area contributed by atoms with Gasteiger partial charge in [0.15, 0.2) is 0 Å². The molecule has 1 heterocycles. The number of aromatic nitrogens is 3. The van der Waals surface area contributed by atoms with Crippen LogP contribution in [0.5, 0.6) is 0 Å². The van der Waals surface area contributed by atoms with Crippen LogP contribution in [0.15, 0.2) is 72.1 Å². The van der Waals surface area contributed by atoms with Crippen LogP contribution in [0.25, 0.3) is 0 Å². The van der Waals surface area contributed by atoms with E-state index in [0.29, 0.717) is 5.56 Å². The fourth-order valence-corrected chi connectivity index (χ4v) is 3.87. The molecule has 1 aromatic heterocycles. The van der Waals surface area contributed by atoms with E-state index in [1.165, 1.54) is 36.9 Å². The highest BCUT2D eigenvalue weighted by Crippen LogP contribution is 2.19. The number of carbonyl (C=O) groups excluding carboxylic acids is 1. The van der Waals surface area contributed by atoms with Crippen LogP contribution in [0.1, 0.15) is 28.9 Å². The van der Waals surface area contributed by atoms with E-state index in [1.807, 2.05) is 30.3 Å². The molecule has 3 aromatic rings. The Bertz CT molecular complexity index is 1000. The van der Waals surface area contributed by atoms with E-state index in [9.17, 15) is 13.2 Å². The Morgan fingerprint density at radius 1 is 1.14 bits per heavy atom. The molecule has 146 valence electrons. The second-order valence-corrected chi connectivity index (χ2v) is 7.66. The monoisotopic (exact) mass is 400 g/mol. The van der Waals surface area contributed by atoms with Crippen molar-refractivity contribution in [3.8, 4) is 0 Å². The Labute approximate surface area is 163 Å². The number of ether oxygens (including phenoxy) is 1. The van der Waals surface area contributed by atoms with Crippen molar-refractivity contribution in [1.29, 1.82) is 0 Å². The summed E-state index contributed by atoms with van der Waals surface area (Å²) in [5.41, 5.74) is 1.09. The summed E-state index contributed by atoms with van der Waals surface area (Å²) in [6, 6.07) is 14.3. The lowest BCUT2D eigenvalue weighted by Crippen LogP contribution is -2.31. The minimum atomic E-state index is -3.83. The first-order chi connectivity index (χ1) is 13.5. The average Bonchev–Trinajstić information content (AvgIpc) is 3.21. The first kappa shape index (κ1) is 19.7. The van der Waals surface area contributed by atoms with Gasteiger partial charge >= 0.3 is 5.97 Å². The van der Waals surface area contributed by atoms with Gasteiger partial charge in [-0.25, -0.2) is 22.9 Å². The molecule has 1 atom stereocenters. The van der Waals surface area contributed by atoms with Crippen molar-refractivity contribution in [1.82, 2.24) is 19.5 Å². The van der Waals surface area contributed by atoms with Crippen molar-refractivity contribution in [3.63, 3.8) is 0 Å². The largest absolute Gasteiger partial charge is 0.462 e. The van der Waals surface area contributed by atoms with Crippen LogP contribution in [0, 0.1) is 0 Å². The van der Waals surface area contributed by atoms with Gasteiger partial charge in [-0.2, -0.15) is 5.10 Å². The Balaban J connectivity index is 1.83. The zero-order valence-corrected chi connectivity index (χ0v) is 16.0. The van der Waals surface area contributed by atoms with Crippen LogP contribution in [-0.4, -0.2) is 35.8 Å². The second-order valence-electron chi connectivity index (χ2n) is 5.95. The summed E-state index contributed by atoms with van der Waals surface area (Å²) in [7, 11) is -3.83. The molecule has 28 heavy (non-hydrogen) atoms. The normalized spacial score (nSPS) is 12.5. The van der Waals surface area contributed by atoms with E-state index in [-0.39, 0.29) is 18.0 Å². The van der Waals surface area contributed by atoms with E-state index in [4.69, 9.17) is 4.74 Å². The third-order valence-corrected chi connectivity index (χ3v) is 5.50. The maximum atomic E-state index is 12.9. The minimum absolute atomic E-state index is 0.0556. The van der Waals surface area contributed by atoms with Crippen LogP contribution in [0.4, 0.5) is 0 Å². The molecule has 2 aromatic carbocycles. The molecule has 0 amide bonds. The lowest BCUT2D eigenvalue weighted by molar-refractivity contribution is 0.0526. The molecule has 0 aliphatic rings. The van der Waals surface area contributed by atoms with E-state index in [0.717, 1.165) is 5.56 Å². The van der Waals surface area contributed by atoms with Gasteiger partial charge in [-0.1, -0.05) is 30.3 Å². The van der Waals surface area contributed by atoms with Gasteiger partial charge in [-0.15, -0.1) is 0 Å². The third kappa shape index (κ3) is 4.81. The van der Waals surface area contributed by atoms with Crippen molar-refractivity contribution in [2.75, 3.05) is 6.61 Å². The average molecular weight is 400 g/mol. The number of nitrogens with one attached hydrogen (secondary N) is 1. The zero-order valence-electron chi connectivity index (χ0n) is 15.2. The molecule has 0 aliphatic carbocycles. The van der Waals surface area contributed by atoms with Crippen LogP contribution < -0.4 is 4.72 Å². The van der Waals surface area contributed by atoms with E-state index >= 15 is 0 Å². The van der Waals surface area contributed by atoms with Gasteiger partial charge in [0.25, 0.3) is 0 Å². The molecule has 0 spiro atoms. The number of sulfonamides is 1. The maximum Gasteiger partial charge on any atom is 0.338 e. The molecule has 0 aliphatic heterocycles. The quantitative estimate of drug-likeness (QED) is 0.581. The Morgan fingerprint density at radius 3 is 2.46 bits per heavy atom. The zero-order chi connectivity index (χ0) is 20.0. The number of esters is 1. The molecule has 1 N–H and O–H groups in total. The summed E-state index contributed by atoms with van der Waals surface area (Å²) in [6.45, 7) is 2.24. The van der Waals surface area contributed by atoms with Crippen LogP contribution in [0.2, 0.25) is 0 Å². The van der Waals surface area contributed by atoms with Crippen LogP contribution in [0.3, 0.4) is 0 Å². The number of hydrogen-bond acceptors (Lipinski definition) is 6. The summed E-state index contributed by atoms with van der Waals surface area (Å²) in [4.78, 5) is 15.7. The van der Waals surface area contributed by atoms with Crippen molar-refractivity contribution < 1.29 is 17.9 Å². The molecule has 8 nitrogen and oxygen atoms in total. The van der Waals surface area contributed by atoms with E-state index in [2.05, 4.69) is 14.8 Å².